The molecule has 0 saturated carbocycles. The number of benzene rings is 3. The van der Waals surface area contributed by atoms with Crippen LogP contribution in [0.3, 0.4) is 0 Å². The van der Waals surface area contributed by atoms with Crippen LogP contribution in [0.2, 0.25) is 5.02 Å². The number of anilines is 3. The van der Waals surface area contributed by atoms with Crippen LogP contribution in [0, 0.1) is 11.2 Å². The summed E-state index contributed by atoms with van der Waals surface area (Å²) >= 11 is 6.16. The molecule has 0 unspecified atom stereocenters. The van der Waals surface area contributed by atoms with Gasteiger partial charge in [0.05, 0.1) is 17.8 Å². The minimum atomic E-state index is -1.24. The number of piperazine rings is 1. The van der Waals surface area contributed by atoms with Gasteiger partial charge in [-0.3, -0.25) is 15.0 Å². The molecule has 3 aromatic carbocycles. The van der Waals surface area contributed by atoms with Crippen LogP contribution in [0.25, 0.3) is 0 Å². The molecule has 1 aliphatic rings. The normalized spacial score (nSPS) is 13.1. The Morgan fingerprint density at radius 3 is 2.60 bits per heavy atom. The highest BCUT2D eigenvalue weighted by atomic mass is 35.5. The van der Waals surface area contributed by atoms with E-state index in [1.165, 1.54) is 17.0 Å². The number of nitrogen functional groups attached to an aromatic ring is 1. The van der Waals surface area contributed by atoms with Gasteiger partial charge in [-0.2, -0.15) is 0 Å². The SMILES string of the molecule is N=C(N)c1ccc(NC(=O)c2cc(Cl)ccc2NCc2cc(F)cc(N3CCNCC3=O)c2OCC(=O)O)cc1. The Balaban J connectivity index is 1.62. The zero-order valence-electron chi connectivity index (χ0n) is 21.1. The third-order valence-corrected chi connectivity index (χ3v) is 6.22. The van der Waals surface area contributed by atoms with Gasteiger partial charge in [-0.15, -0.1) is 0 Å². The van der Waals surface area contributed by atoms with Crippen molar-refractivity contribution in [2.45, 2.75) is 6.54 Å². The number of carboxylic acid groups (broad SMARTS) is 1. The molecule has 1 aliphatic heterocycles. The van der Waals surface area contributed by atoms with Gasteiger partial charge in [0.2, 0.25) is 5.91 Å². The van der Waals surface area contributed by atoms with Crippen LogP contribution in [-0.4, -0.2) is 55.0 Å². The molecule has 0 bridgehead atoms. The van der Waals surface area contributed by atoms with Crippen molar-refractivity contribution in [2.24, 2.45) is 5.73 Å². The van der Waals surface area contributed by atoms with Crippen molar-refractivity contribution in [2.75, 3.05) is 41.8 Å². The summed E-state index contributed by atoms with van der Waals surface area (Å²) in [5.41, 5.74) is 7.34. The van der Waals surface area contributed by atoms with Gasteiger partial charge in [0, 0.05) is 53.2 Å². The number of hydrogen-bond donors (Lipinski definition) is 6. The number of nitrogens with zero attached hydrogens (tertiary/aromatic N) is 1. The summed E-state index contributed by atoms with van der Waals surface area (Å²) in [5.74, 6) is -2.76. The topological polar surface area (TPSA) is 170 Å². The Kier molecular flexibility index (Phi) is 8.82. The molecular weight excluding hydrogens is 543 g/mol. The molecule has 1 heterocycles. The molecule has 0 atom stereocenters. The largest absolute Gasteiger partial charge is 0.479 e. The second kappa shape index (κ2) is 12.5. The Morgan fingerprint density at radius 1 is 1.18 bits per heavy atom. The van der Waals surface area contributed by atoms with Crippen molar-refractivity contribution in [3.63, 3.8) is 0 Å². The quantitative estimate of drug-likeness (QED) is 0.160. The highest BCUT2D eigenvalue weighted by Gasteiger charge is 2.26. The van der Waals surface area contributed by atoms with Gasteiger partial charge < -0.3 is 36.4 Å². The van der Waals surface area contributed by atoms with Crippen molar-refractivity contribution >= 4 is 52.3 Å². The first-order valence-electron chi connectivity index (χ1n) is 12.1. The van der Waals surface area contributed by atoms with Gasteiger partial charge in [0.15, 0.2) is 6.61 Å². The minimum Gasteiger partial charge on any atom is -0.479 e. The number of carbonyl (C=O) groups is 3. The average Bonchev–Trinajstić information content (AvgIpc) is 2.92. The summed E-state index contributed by atoms with van der Waals surface area (Å²) in [6.45, 7) is -0.0241. The van der Waals surface area contributed by atoms with Crippen molar-refractivity contribution in [3.05, 3.63) is 82.1 Å². The first-order valence-corrected chi connectivity index (χ1v) is 12.5. The maximum absolute atomic E-state index is 14.7. The van der Waals surface area contributed by atoms with E-state index in [0.717, 1.165) is 6.07 Å². The highest BCUT2D eigenvalue weighted by Crippen LogP contribution is 2.35. The van der Waals surface area contributed by atoms with Crippen molar-refractivity contribution in [1.29, 1.82) is 5.41 Å². The first-order chi connectivity index (χ1) is 19.1. The molecule has 4 rings (SSSR count). The lowest BCUT2D eigenvalue weighted by Crippen LogP contribution is -2.48. The number of halogens is 2. The van der Waals surface area contributed by atoms with Crippen LogP contribution in [0.4, 0.5) is 21.5 Å². The summed E-state index contributed by atoms with van der Waals surface area (Å²) in [6.07, 6.45) is 0. The fourth-order valence-corrected chi connectivity index (χ4v) is 4.28. The number of rotatable bonds is 10. The maximum atomic E-state index is 14.7. The van der Waals surface area contributed by atoms with Crippen LogP contribution in [-0.2, 0) is 16.1 Å². The molecular formula is C27H26ClFN6O5. The standard InChI is InChI=1S/C27H26ClFN6O5/c28-17-3-6-21(20(10-17)27(39)34-19-4-1-15(2-5-19)26(30)31)33-12-16-9-18(29)11-22(25(16)40-14-24(37)38)35-8-7-32-13-23(35)36/h1-6,9-11,32-33H,7-8,12-14H2,(H3,30,31)(H,34,39)(H,37,38). The number of amidine groups is 1. The second-order valence-corrected chi connectivity index (χ2v) is 9.24. The third-order valence-electron chi connectivity index (χ3n) is 5.98. The van der Waals surface area contributed by atoms with Gasteiger partial charge in [-0.1, -0.05) is 11.6 Å². The first kappa shape index (κ1) is 28.3. The van der Waals surface area contributed by atoms with E-state index >= 15 is 0 Å². The Morgan fingerprint density at radius 2 is 1.93 bits per heavy atom. The zero-order chi connectivity index (χ0) is 28.8. The highest BCUT2D eigenvalue weighted by molar-refractivity contribution is 6.31. The lowest BCUT2D eigenvalue weighted by Gasteiger charge is -2.30. The van der Waals surface area contributed by atoms with Crippen molar-refractivity contribution in [3.8, 4) is 5.75 Å². The Hall–Kier alpha value is -4.68. The number of carboxylic acids is 1. The summed E-state index contributed by atoms with van der Waals surface area (Å²) in [4.78, 5) is 38.3. The number of hydrogen-bond acceptors (Lipinski definition) is 7. The van der Waals surface area contributed by atoms with Crippen molar-refractivity contribution in [1.82, 2.24) is 5.32 Å². The number of aliphatic carboxylic acids is 1. The van der Waals surface area contributed by atoms with Gasteiger partial charge in [-0.05, 0) is 48.5 Å². The fourth-order valence-electron chi connectivity index (χ4n) is 4.11. The summed E-state index contributed by atoms with van der Waals surface area (Å²) in [5, 5.41) is 25.7. The van der Waals surface area contributed by atoms with E-state index in [0.29, 0.717) is 28.5 Å². The van der Waals surface area contributed by atoms with Crippen LogP contribution in [0.15, 0.2) is 54.6 Å². The number of ether oxygens (including phenoxy) is 1. The smallest absolute Gasteiger partial charge is 0.341 e. The summed E-state index contributed by atoms with van der Waals surface area (Å²) in [6, 6.07) is 13.3. The van der Waals surface area contributed by atoms with E-state index in [-0.39, 0.29) is 53.9 Å². The van der Waals surface area contributed by atoms with E-state index in [9.17, 15) is 23.9 Å². The number of nitrogens with two attached hydrogens (primary N) is 1. The molecule has 208 valence electrons. The van der Waals surface area contributed by atoms with Crippen molar-refractivity contribution < 1.29 is 28.6 Å². The lowest BCUT2D eigenvalue weighted by atomic mass is 10.1. The number of amides is 2. The Bertz CT molecular complexity index is 1470. The van der Waals surface area contributed by atoms with E-state index in [1.54, 1.807) is 36.4 Å². The molecule has 0 aromatic heterocycles. The molecule has 40 heavy (non-hydrogen) atoms. The van der Waals surface area contributed by atoms with Gasteiger partial charge in [0.1, 0.15) is 17.4 Å². The van der Waals surface area contributed by atoms with Gasteiger partial charge in [0.25, 0.3) is 5.91 Å². The van der Waals surface area contributed by atoms with Gasteiger partial charge in [-0.25, -0.2) is 9.18 Å². The van der Waals surface area contributed by atoms with Crippen LogP contribution >= 0.6 is 11.6 Å². The van der Waals surface area contributed by atoms with E-state index in [2.05, 4.69) is 16.0 Å². The predicted molar refractivity (Wildman–Crippen MR) is 149 cm³/mol. The second-order valence-electron chi connectivity index (χ2n) is 8.81. The van der Waals surface area contributed by atoms with Gasteiger partial charge >= 0.3 is 5.97 Å². The van der Waals surface area contributed by atoms with E-state index < -0.39 is 24.3 Å². The number of nitrogens with one attached hydrogen (secondary N) is 4. The lowest BCUT2D eigenvalue weighted by molar-refractivity contribution is -0.139. The summed E-state index contributed by atoms with van der Waals surface area (Å²) < 4.78 is 20.3. The van der Waals surface area contributed by atoms with Crippen LogP contribution < -0.4 is 31.3 Å². The molecule has 11 nitrogen and oxygen atoms in total. The summed E-state index contributed by atoms with van der Waals surface area (Å²) in [7, 11) is 0. The van der Waals surface area contributed by atoms with Crippen LogP contribution in [0.5, 0.6) is 5.75 Å². The fraction of sp³-hybridized carbons (Fsp3) is 0.185. The molecule has 2 amide bonds. The predicted octanol–water partition coefficient (Wildman–Crippen LogP) is 3.03. The molecule has 1 saturated heterocycles. The number of carbonyl (C=O) groups excluding carboxylic acids is 2. The Labute approximate surface area is 233 Å². The molecule has 7 N–H and O–H groups in total. The van der Waals surface area contributed by atoms with Crippen LogP contribution in [0.1, 0.15) is 21.5 Å². The minimum absolute atomic E-state index is 0.0390. The van der Waals surface area contributed by atoms with E-state index in [1.807, 2.05) is 0 Å². The van der Waals surface area contributed by atoms with E-state index in [4.69, 9.17) is 27.5 Å². The molecule has 0 spiro atoms. The molecule has 3 aromatic rings. The third kappa shape index (κ3) is 6.84. The molecule has 0 radical (unpaired) electrons. The average molecular weight is 569 g/mol. The monoisotopic (exact) mass is 568 g/mol. The molecule has 13 heteroatoms. The zero-order valence-corrected chi connectivity index (χ0v) is 21.8. The maximum Gasteiger partial charge on any atom is 0.341 e. The molecule has 1 fully saturated rings. The molecule has 0 aliphatic carbocycles.